The summed E-state index contributed by atoms with van der Waals surface area (Å²) in [7, 11) is -0.660. The summed E-state index contributed by atoms with van der Waals surface area (Å²) in [5.74, 6) is 0. The highest BCUT2D eigenvalue weighted by Gasteiger charge is 2.11. The molecule has 56 valence electrons. The SMILES string of the molecule is O=C[SH]1C=Cc2cnccc21. The quantitative estimate of drug-likeness (QED) is 0.506. The number of rotatable bonds is 1. The van der Waals surface area contributed by atoms with Crippen LogP contribution in [0.2, 0.25) is 0 Å². The summed E-state index contributed by atoms with van der Waals surface area (Å²) in [5, 5.41) is 1.95. The Hall–Kier alpha value is -1.09. The van der Waals surface area contributed by atoms with Crippen molar-refractivity contribution in [1.82, 2.24) is 4.98 Å². The van der Waals surface area contributed by atoms with E-state index in [0.29, 0.717) is 0 Å². The van der Waals surface area contributed by atoms with Gasteiger partial charge in [0.15, 0.2) is 5.62 Å². The first kappa shape index (κ1) is 6.61. The van der Waals surface area contributed by atoms with E-state index in [1.54, 1.807) is 12.4 Å². The van der Waals surface area contributed by atoms with Crippen molar-refractivity contribution in [3.8, 4) is 0 Å². The summed E-state index contributed by atoms with van der Waals surface area (Å²) in [6.07, 6.45) is 5.48. The van der Waals surface area contributed by atoms with Gasteiger partial charge in [-0.05, 0) is 17.6 Å². The number of pyridine rings is 1. The Kier molecular flexibility index (Phi) is 1.51. The van der Waals surface area contributed by atoms with Gasteiger partial charge in [0.1, 0.15) is 0 Å². The maximum Gasteiger partial charge on any atom is 0.164 e. The molecular weight excluding hydrogens is 158 g/mol. The molecule has 1 unspecified atom stereocenters. The summed E-state index contributed by atoms with van der Waals surface area (Å²) in [6, 6.07) is 1.91. The number of fused-ring (bicyclic) bond motifs is 1. The molecule has 1 aliphatic rings. The van der Waals surface area contributed by atoms with Gasteiger partial charge in [-0.2, -0.15) is 0 Å². The van der Waals surface area contributed by atoms with Crippen LogP contribution in [0.15, 0.2) is 28.8 Å². The van der Waals surface area contributed by atoms with Crippen molar-refractivity contribution in [3.05, 3.63) is 29.4 Å². The van der Waals surface area contributed by atoms with Gasteiger partial charge in [0, 0.05) is 22.9 Å². The second kappa shape index (κ2) is 2.51. The van der Waals surface area contributed by atoms with Crippen LogP contribution in [0.25, 0.3) is 6.08 Å². The number of aromatic nitrogens is 1. The van der Waals surface area contributed by atoms with Crippen LogP contribution in [0.4, 0.5) is 0 Å². The van der Waals surface area contributed by atoms with E-state index in [2.05, 4.69) is 4.98 Å². The molecule has 2 rings (SSSR count). The number of carbonyl (C=O) groups is 1. The topological polar surface area (TPSA) is 30.0 Å². The fourth-order valence-electron chi connectivity index (χ4n) is 1.10. The Morgan fingerprint density at radius 2 is 2.45 bits per heavy atom. The number of hydrogen-bond donors (Lipinski definition) is 1. The van der Waals surface area contributed by atoms with Crippen LogP contribution in [-0.2, 0) is 4.79 Å². The monoisotopic (exact) mass is 165 g/mol. The molecule has 0 saturated heterocycles. The van der Waals surface area contributed by atoms with Crippen molar-refractivity contribution in [2.75, 3.05) is 0 Å². The van der Waals surface area contributed by atoms with Crippen molar-refractivity contribution in [2.24, 2.45) is 0 Å². The number of nitrogens with zero attached hydrogens (tertiary/aromatic N) is 1. The standard InChI is InChI=1S/C8H7NOS/c10-6-11-4-2-7-5-9-3-1-8(7)11/h1-6,11H. The molecule has 11 heavy (non-hydrogen) atoms. The fourth-order valence-corrected chi connectivity index (χ4v) is 2.43. The minimum atomic E-state index is -0.660. The third kappa shape index (κ3) is 0.973. The van der Waals surface area contributed by atoms with Crippen LogP contribution < -0.4 is 0 Å². The van der Waals surface area contributed by atoms with E-state index < -0.39 is 10.9 Å². The lowest BCUT2D eigenvalue weighted by atomic mass is 10.3. The van der Waals surface area contributed by atoms with Crippen LogP contribution in [-0.4, -0.2) is 10.6 Å². The summed E-state index contributed by atoms with van der Waals surface area (Å²) in [4.78, 5) is 15.6. The fraction of sp³-hybridized carbons (Fsp3) is 0. The van der Waals surface area contributed by atoms with Crippen LogP contribution >= 0.6 is 10.9 Å². The maximum atomic E-state index is 10.5. The number of carbonyl (C=O) groups excluding carboxylic acids is 1. The van der Waals surface area contributed by atoms with Crippen molar-refractivity contribution < 1.29 is 4.79 Å². The Morgan fingerprint density at radius 3 is 3.27 bits per heavy atom. The molecule has 0 aromatic carbocycles. The normalized spacial score (nSPS) is 23.1. The lowest BCUT2D eigenvalue weighted by Gasteiger charge is -2.04. The molecular formula is C8H7NOS. The van der Waals surface area contributed by atoms with Crippen LogP contribution in [0, 0.1) is 0 Å². The average molecular weight is 165 g/mol. The Balaban J connectivity index is 2.53. The van der Waals surface area contributed by atoms with Gasteiger partial charge >= 0.3 is 0 Å². The Morgan fingerprint density at radius 1 is 1.55 bits per heavy atom. The predicted octanol–water partition coefficient (Wildman–Crippen LogP) is 1.62. The smallest absolute Gasteiger partial charge is 0.164 e. The van der Waals surface area contributed by atoms with Gasteiger partial charge in [0.25, 0.3) is 0 Å². The molecule has 3 heteroatoms. The second-order valence-electron chi connectivity index (χ2n) is 2.26. The Bertz CT molecular complexity index is 322. The van der Waals surface area contributed by atoms with Gasteiger partial charge in [-0.1, -0.05) is 0 Å². The highest BCUT2D eigenvalue weighted by molar-refractivity contribution is 8.31. The zero-order chi connectivity index (χ0) is 7.68. The lowest BCUT2D eigenvalue weighted by Crippen LogP contribution is -1.80. The highest BCUT2D eigenvalue weighted by Crippen LogP contribution is 2.42. The highest BCUT2D eigenvalue weighted by atomic mass is 32.2. The Labute approximate surface area is 67.3 Å². The van der Waals surface area contributed by atoms with E-state index in [1.807, 2.05) is 17.6 Å². The molecule has 1 aromatic rings. The minimum Gasteiger partial charge on any atom is -0.292 e. The zero-order valence-electron chi connectivity index (χ0n) is 5.77. The first-order valence-corrected chi connectivity index (χ1v) is 4.75. The molecule has 0 aliphatic carbocycles. The molecule has 1 aromatic heterocycles. The number of thiol groups is 1. The van der Waals surface area contributed by atoms with Gasteiger partial charge in [0.2, 0.25) is 0 Å². The second-order valence-corrected chi connectivity index (χ2v) is 4.07. The molecule has 0 radical (unpaired) electrons. The van der Waals surface area contributed by atoms with E-state index in [9.17, 15) is 4.79 Å². The van der Waals surface area contributed by atoms with E-state index in [1.165, 1.54) is 0 Å². The van der Waals surface area contributed by atoms with Gasteiger partial charge in [-0.3, -0.25) is 9.78 Å². The molecule has 2 nitrogen and oxygen atoms in total. The summed E-state index contributed by atoms with van der Waals surface area (Å²) < 4.78 is 0. The minimum absolute atomic E-state index is 0.660. The van der Waals surface area contributed by atoms with E-state index in [0.717, 1.165) is 16.1 Å². The summed E-state index contributed by atoms with van der Waals surface area (Å²) in [5.41, 5.74) is 2.10. The van der Waals surface area contributed by atoms with Gasteiger partial charge < -0.3 is 0 Å². The first-order valence-electron chi connectivity index (χ1n) is 3.27. The van der Waals surface area contributed by atoms with Crippen LogP contribution in [0.1, 0.15) is 5.56 Å². The molecule has 0 fully saturated rings. The molecule has 0 bridgehead atoms. The molecule has 1 aliphatic heterocycles. The maximum absolute atomic E-state index is 10.5. The number of hydrogen-bond acceptors (Lipinski definition) is 2. The molecule has 0 N–H and O–H groups in total. The zero-order valence-corrected chi connectivity index (χ0v) is 6.66. The van der Waals surface area contributed by atoms with E-state index in [-0.39, 0.29) is 0 Å². The van der Waals surface area contributed by atoms with Gasteiger partial charge in [-0.15, -0.1) is 10.9 Å². The van der Waals surface area contributed by atoms with E-state index in [4.69, 9.17) is 0 Å². The molecule has 0 amide bonds. The lowest BCUT2D eigenvalue weighted by molar-refractivity contribution is 0.569. The average Bonchev–Trinajstić information content (AvgIpc) is 2.47. The van der Waals surface area contributed by atoms with Crippen molar-refractivity contribution in [1.29, 1.82) is 0 Å². The van der Waals surface area contributed by atoms with Crippen molar-refractivity contribution >= 4 is 22.6 Å². The largest absolute Gasteiger partial charge is 0.292 e. The van der Waals surface area contributed by atoms with Crippen LogP contribution in [0.3, 0.4) is 0 Å². The summed E-state index contributed by atoms with van der Waals surface area (Å²) >= 11 is 0. The third-order valence-electron chi connectivity index (χ3n) is 1.63. The molecule has 0 saturated carbocycles. The summed E-state index contributed by atoms with van der Waals surface area (Å²) in [6.45, 7) is 0. The van der Waals surface area contributed by atoms with Crippen LogP contribution in [0.5, 0.6) is 0 Å². The predicted molar refractivity (Wildman–Crippen MR) is 47.3 cm³/mol. The first-order chi connectivity index (χ1) is 5.42. The molecule has 2 heterocycles. The third-order valence-corrected chi connectivity index (χ3v) is 3.30. The van der Waals surface area contributed by atoms with Gasteiger partial charge in [0.05, 0.1) is 0 Å². The van der Waals surface area contributed by atoms with E-state index >= 15 is 0 Å². The molecule has 0 spiro atoms. The molecule has 1 atom stereocenters. The van der Waals surface area contributed by atoms with Crippen molar-refractivity contribution in [3.63, 3.8) is 0 Å². The van der Waals surface area contributed by atoms with Crippen molar-refractivity contribution in [2.45, 2.75) is 4.90 Å². The van der Waals surface area contributed by atoms with Gasteiger partial charge in [-0.25, -0.2) is 0 Å².